The van der Waals surface area contributed by atoms with Crippen LogP contribution in [0.25, 0.3) is 0 Å². The molecule has 0 radical (unpaired) electrons. The average Bonchev–Trinajstić information content (AvgIpc) is 2.91. The summed E-state index contributed by atoms with van der Waals surface area (Å²) in [4.78, 5) is 7.27. The van der Waals surface area contributed by atoms with Gasteiger partial charge < -0.3 is 15.5 Å². The third kappa shape index (κ3) is 2.91. The number of hydrogen-bond donors (Lipinski definition) is 1. The second-order valence-electron chi connectivity index (χ2n) is 6.37. The van der Waals surface area contributed by atoms with Crippen LogP contribution in [0.15, 0.2) is 24.3 Å². The summed E-state index contributed by atoms with van der Waals surface area (Å²) in [5, 5.41) is 0. The quantitative estimate of drug-likeness (QED) is 0.901. The van der Waals surface area contributed by atoms with E-state index in [0.29, 0.717) is 0 Å². The van der Waals surface area contributed by atoms with Crippen molar-refractivity contribution in [2.75, 3.05) is 57.8 Å². The van der Waals surface area contributed by atoms with Crippen molar-refractivity contribution in [2.45, 2.75) is 12.0 Å². The summed E-state index contributed by atoms with van der Waals surface area (Å²) in [6.07, 6.45) is 1.16. The normalized spacial score (nSPS) is 28.2. The second-order valence-corrected chi connectivity index (χ2v) is 6.37. The topological polar surface area (TPSA) is 35.7 Å². The first-order valence-corrected chi connectivity index (χ1v) is 7.77. The fraction of sp³-hybridized carbons (Fsp3) is 0.625. The molecule has 3 rings (SSSR count). The van der Waals surface area contributed by atoms with E-state index < -0.39 is 0 Å². The first-order chi connectivity index (χ1) is 10.1. The SMILES string of the molecule is CN1CCC(CN)(N2CCN(c3ccc(F)cc3)CC2)C1. The Hall–Kier alpha value is -1.17. The van der Waals surface area contributed by atoms with Gasteiger partial charge in [-0.05, 0) is 44.3 Å². The van der Waals surface area contributed by atoms with Crippen LogP contribution >= 0.6 is 0 Å². The van der Waals surface area contributed by atoms with Crippen molar-refractivity contribution in [2.24, 2.45) is 5.73 Å². The molecule has 5 heteroatoms. The van der Waals surface area contributed by atoms with Gasteiger partial charge in [0.1, 0.15) is 5.82 Å². The minimum absolute atomic E-state index is 0.156. The Balaban J connectivity index is 1.63. The molecular weight excluding hydrogens is 267 g/mol. The van der Waals surface area contributed by atoms with Gasteiger partial charge in [0.25, 0.3) is 0 Å². The maximum atomic E-state index is 13.0. The molecule has 2 N–H and O–H groups in total. The van der Waals surface area contributed by atoms with Crippen molar-refractivity contribution >= 4 is 5.69 Å². The van der Waals surface area contributed by atoms with Crippen LogP contribution in [0, 0.1) is 5.82 Å². The van der Waals surface area contributed by atoms with Gasteiger partial charge in [0.2, 0.25) is 0 Å². The van der Waals surface area contributed by atoms with E-state index in [1.165, 1.54) is 12.1 Å². The molecule has 0 amide bonds. The molecule has 0 spiro atoms. The number of nitrogens with two attached hydrogens (primary N) is 1. The highest BCUT2D eigenvalue weighted by Gasteiger charge is 2.41. The van der Waals surface area contributed by atoms with Crippen LogP contribution in [0.2, 0.25) is 0 Å². The monoisotopic (exact) mass is 292 g/mol. The van der Waals surface area contributed by atoms with Crippen molar-refractivity contribution in [3.05, 3.63) is 30.1 Å². The number of rotatable bonds is 3. The zero-order chi connectivity index (χ0) is 14.9. The van der Waals surface area contributed by atoms with E-state index in [2.05, 4.69) is 21.7 Å². The number of nitrogens with zero attached hydrogens (tertiary/aromatic N) is 3. The van der Waals surface area contributed by atoms with Gasteiger partial charge in [0.05, 0.1) is 0 Å². The number of hydrogen-bond acceptors (Lipinski definition) is 4. The minimum Gasteiger partial charge on any atom is -0.369 e. The van der Waals surface area contributed by atoms with E-state index in [4.69, 9.17) is 5.73 Å². The fourth-order valence-electron chi connectivity index (χ4n) is 3.70. The predicted molar refractivity (Wildman–Crippen MR) is 84.1 cm³/mol. The maximum Gasteiger partial charge on any atom is 0.123 e. The van der Waals surface area contributed by atoms with Crippen LogP contribution in [-0.2, 0) is 0 Å². The Morgan fingerprint density at radius 1 is 1.10 bits per heavy atom. The lowest BCUT2D eigenvalue weighted by atomic mass is 9.95. The molecular formula is C16H25FN4. The van der Waals surface area contributed by atoms with Crippen LogP contribution in [0.4, 0.5) is 10.1 Å². The van der Waals surface area contributed by atoms with Gasteiger partial charge in [-0.15, -0.1) is 0 Å². The number of anilines is 1. The minimum atomic E-state index is -0.173. The molecule has 0 saturated carbocycles. The summed E-state index contributed by atoms with van der Waals surface area (Å²) in [5.74, 6) is -0.173. The molecule has 116 valence electrons. The molecule has 0 aromatic heterocycles. The zero-order valence-electron chi connectivity index (χ0n) is 12.8. The molecule has 4 nitrogen and oxygen atoms in total. The standard InChI is InChI=1S/C16H25FN4/c1-19-7-6-16(12-18,13-19)21-10-8-20(9-11-21)15-4-2-14(17)3-5-15/h2-5H,6-13,18H2,1H3. The summed E-state index contributed by atoms with van der Waals surface area (Å²) >= 11 is 0. The van der Waals surface area contributed by atoms with Crippen molar-refractivity contribution < 1.29 is 4.39 Å². The Kier molecular flexibility index (Phi) is 4.15. The van der Waals surface area contributed by atoms with E-state index in [9.17, 15) is 4.39 Å². The number of benzene rings is 1. The van der Waals surface area contributed by atoms with Gasteiger partial charge in [-0.25, -0.2) is 4.39 Å². The van der Waals surface area contributed by atoms with Crippen LogP contribution in [0.3, 0.4) is 0 Å². The molecule has 2 saturated heterocycles. The second kappa shape index (κ2) is 5.91. The van der Waals surface area contributed by atoms with E-state index in [1.807, 2.05) is 12.1 Å². The van der Waals surface area contributed by atoms with Crippen molar-refractivity contribution in [1.82, 2.24) is 9.80 Å². The predicted octanol–water partition coefficient (Wildman–Crippen LogP) is 0.981. The number of likely N-dealkylation sites (tertiary alicyclic amines) is 1. The summed E-state index contributed by atoms with van der Waals surface area (Å²) in [5.41, 5.74) is 7.37. The average molecular weight is 292 g/mol. The van der Waals surface area contributed by atoms with E-state index in [-0.39, 0.29) is 11.4 Å². The summed E-state index contributed by atoms with van der Waals surface area (Å²) in [7, 11) is 2.17. The van der Waals surface area contributed by atoms with Gasteiger partial charge in [-0.1, -0.05) is 0 Å². The van der Waals surface area contributed by atoms with Crippen LogP contribution in [-0.4, -0.2) is 68.2 Å². The van der Waals surface area contributed by atoms with E-state index >= 15 is 0 Å². The highest BCUT2D eigenvalue weighted by molar-refractivity contribution is 5.46. The van der Waals surface area contributed by atoms with Gasteiger partial charge in [-0.2, -0.15) is 0 Å². The third-order valence-corrected chi connectivity index (χ3v) is 5.05. The first-order valence-electron chi connectivity index (χ1n) is 7.77. The summed E-state index contributed by atoms with van der Waals surface area (Å²) in [6.45, 7) is 6.96. The van der Waals surface area contributed by atoms with Crippen molar-refractivity contribution in [3.63, 3.8) is 0 Å². The number of halogens is 1. The molecule has 1 atom stereocenters. The molecule has 2 aliphatic rings. The summed E-state index contributed by atoms with van der Waals surface area (Å²) in [6, 6.07) is 6.81. The lowest BCUT2D eigenvalue weighted by Gasteiger charge is -2.46. The molecule has 0 aliphatic carbocycles. The molecule has 2 heterocycles. The van der Waals surface area contributed by atoms with Gasteiger partial charge in [0, 0.05) is 50.5 Å². The largest absolute Gasteiger partial charge is 0.369 e. The van der Waals surface area contributed by atoms with Gasteiger partial charge >= 0.3 is 0 Å². The fourth-order valence-corrected chi connectivity index (χ4v) is 3.70. The number of piperazine rings is 1. The van der Waals surface area contributed by atoms with E-state index in [1.54, 1.807) is 0 Å². The molecule has 1 aromatic carbocycles. The first kappa shape index (κ1) is 14.8. The molecule has 21 heavy (non-hydrogen) atoms. The van der Waals surface area contributed by atoms with Crippen LogP contribution < -0.4 is 10.6 Å². The van der Waals surface area contributed by atoms with Crippen molar-refractivity contribution in [3.8, 4) is 0 Å². The number of likely N-dealkylation sites (N-methyl/N-ethyl adjacent to an activating group) is 1. The van der Waals surface area contributed by atoms with Crippen LogP contribution in [0.1, 0.15) is 6.42 Å². The molecule has 1 unspecified atom stereocenters. The van der Waals surface area contributed by atoms with Gasteiger partial charge in [0.15, 0.2) is 0 Å². The highest BCUT2D eigenvalue weighted by atomic mass is 19.1. The zero-order valence-corrected chi connectivity index (χ0v) is 12.8. The Morgan fingerprint density at radius 3 is 2.29 bits per heavy atom. The Labute approximate surface area is 126 Å². The molecule has 0 bridgehead atoms. The third-order valence-electron chi connectivity index (χ3n) is 5.05. The van der Waals surface area contributed by atoms with Crippen molar-refractivity contribution in [1.29, 1.82) is 0 Å². The maximum absolute atomic E-state index is 13.0. The van der Waals surface area contributed by atoms with Crippen LogP contribution in [0.5, 0.6) is 0 Å². The molecule has 1 aromatic rings. The lowest BCUT2D eigenvalue weighted by Crippen LogP contribution is -2.61. The smallest absolute Gasteiger partial charge is 0.123 e. The molecule has 2 fully saturated rings. The molecule has 2 aliphatic heterocycles. The van der Waals surface area contributed by atoms with Gasteiger partial charge in [-0.3, -0.25) is 4.90 Å². The highest BCUT2D eigenvalue weighted by Crippen LogP contribution is 2.28. The summed E-state index contributed by atoms with van der Waals surface area (Å²) < 4.78 is 13.0. The Morgan fingerprint density at radius 2 is 1.76 bits per heavy atom. The van der Waals surface area contributed by atoms with E-state index in [0.717, 1.165) is 57.9 Å². The lowest BCUT2D eigenvalue weighted by molar-refractivity contribution is 0.0946. The Bertz CT molecular complexity index is 470.